The molecule has 0 fully saturated rings. The first-order chi connectivity index (χ1) is 9.49. The van der Waals surface area contributed by atoms with Crippen molar-refractivity contribution in [1.29, 1.82) is 0 Å². The molecule has 20 heavy (non-hydrogen) atoms. The molecule has 0 aliphatic heterocycles. The molecule has 114 valence electrons. The van der Waals surface area contributed by atoms with Gasteiger partial charge in [0, 0.05) is 12.6 Å². The summed E-state index contributed by atoms with van der Waals surface area (Å²) in [5, 5.41) is 13.0. The Hall–Kier alpha value is -1.17. The summed E-state index contributed by atoms with van der Waals surface area (Å²) >= 11 is 0. The van der Waals surface area contributed by atoms with E-state index in [0.717, 1.165) is 13.0 Å². The molecule has 5 heteroatoms. The number of hydrogen-bond acceptors (Lipinski definition) is 4. The Bertz CT molecular complexity index is 388. The zero-order valence-electron chi connectivity index (χ0n) is 12.5. The fraction of sp³-hybridized carbons (Fsp3) is 0.600. The molecule has 2 N–H and O–H groups in total. The fourth-order valence-electron chi connectivity index (χ4n) is 1.70. The highest BCUT2D eigenvalue weighted by Gasteiger charge is 2.09. The summed E-state index contributed by atoms with van der Waals surface area (Å²) in [6, 6.07) is 6.51. The van der Waals surface area contributed by atoms with Crippen molar-refractivity contribution >= 4 is 0 Å². The number of nitrogens with zero attached hydrogens (tertiary/aromatic N) is 1. The summed E-state index contributed by atoms with van der Waals surface area (Å²) in [5.74, 6) is -0.237. The van der Waals surface area contributed by atoms with E-state index < -0.39 is 11.9 Å². The summed E-state index contributed by atoms with van der Waals surface area (Å²) in [5.41, 5.74) is 0. The van der Waals surface area contributed by atoms with Gasteiger partial charge in [0.2, 0.25) is 0 Å². The van der Waals surface area contributed by atoms with Crippen LogP contribution in [0.2, 0.25) is 0 Å². The lowest BCUT2D eigenvalue weighted by Crippen LogP contribution is -2.37. The van der Waals surface area contributed by atoms with Crippen molar-refractivity contribution in [2.45, 2.75) is 25.5 Å². The summed E-state index contributed by atoms with van der Waals surface area (Å²) in [6.07, 6.45) is 0.352. The van der Waals surface area contributed by atoms with Crippen molar-refractivity contribution in [3.63, 3.8) is 0 Å². The number of ether oxygens (including phenoxy) is 1. The minimum absolute atomic E-state index is 0.0777. The SMILES string of the molecule is CC(CCN(C)C)NCC(O)COc1ccccc1F. The van der Waals surface area contributed by atoms with Crippen LogP contribution >= 0.6 is 0 Å². The van der Waals surface area contributed by atoms with Crippen LogP contribution in [-0.4, -0.2) is 55.9 Å². The number of nitrogens with one attached hydrogen (secondary N) is 1. The van der Waals surface area contributed by atoms with Crippen molar-refractivity contribution in [1.82, 2.24) is 10.2 Å². The third-order valence-electron chi connectivity index (χ3n) is 2.98. The van der Waals surface area contributed by atoms with Crippen molar-refractivity contribution in [3.8, 4) is 5.75 Å². The number of rotatable bonds is 9. The molecule has 0 heterocycles. The lowest BCUT2D eigenvalue weighted by molar-refractivity contribution is 0.101. The second-order valence-electron chi connectivity index (χ2n) is 5.30. The maximum absolute atomic E-state index is 13.3. The van der Waals surface area contributed by atoms with Crippen LogP contribution in [0, 0.1) is 5.82 Å². The summed E-state index contributed by atoms with van der Waals surface area (Å²) in [6.45, 7) is 3.58. The second kappa shape index (κ2) is 8.89. The van der Waals surface area contributed by atoms with Crippen LogP contribution in [0.3, 0.4) is 0 Å². The molecule has 1 aromatic rings. The maximum Gasteiger partial charge on any atom is 0.165 e. The minimum Gasteiger partial charge on any atom is -0.488 e. The molecule has 0 aromatic heterocycles. The molecule has 4 nitrogen and oxygen atoms in total. The molecule has 2 unspecified atom stereocenters. The van der Waals surface area contributed by atoms with Crippen LogP contribution in [-0.2, 0) is 0 Å². The van der Waals surface area contributed by atoms with Crippen molar-refractivity contribution in [3.05, 3.63) is 30.1 Å². The van der Waals surface area contributed by atoms with Crippen molar-refractivity contribution in [2.75, 3.05) is 33.8 Å². The highest BCUT2D eigenvalue weighted by Crippen LogP contribution is 2.15. The van der Waals surface area contributed by atoms with E-state index in [-0.39, 0.29) is 12.4 Å². The predicted molar refractivity (Wildman–Crippen MR) is 78.5 cm³/mol. The standard InChI is InChI=1S/C15H25FN2O2/c1-12(8-9-18(2)3)17-10-13(19)11-20-15-7-5-4-6-14(15)16/h4-7,12-13,17,19H,8-11H2,1-3H3. The second-order valence-corrected chi connectivity index (χ2v) is 5.30. The molecule has 0 saturated carbocycles. The van der Waals surface area contributed by atoms with Crippen LogP contribution in [0.4, 0.5) is 4.39 Å². The van der Waals surface area contributed by atoms with E-state index in [1.165, 1.54) is 6.07 Å². The van der Waals surface area contributed by atoms with Gasteiger partial charge in [-0.2, -0.15) is 0 Å². The molecule has 0 aliphatic carbocycles. The van der Waals surface area contributed by atoms with Crippen LogP contribution in [0.25, 0.3) is 0 Å². The third kappa shape index (κ3) is 6.84. The topological polar surface area (TPSA) is 44.7 Å². The molecule has 0 aliphatic rings. The number of benzene rings is 1. The fourth-order valence-corrected chi connectivity index (χ4v) is 1.70. The largest absolute Gasteiger partial charge is 0.488 e. The van der Waals surface area contributed by atoms with E-state index in [0.29, 0.717) is 12.6 Å². The molecule has 2 atom stereocenters. The Labute approximate surface area is 120 Å². The molecule has 0 spiro atoms. The first-order valence-electron chi connectivity index (χ1n) is 6.92. The van der Waals surface area contributed by atoms with Gasteiger partial charge in [0.25, 0.3) is 0 Å². The average Bonchev–Trinajstić information content (AvgIpc) is 2.42. The highest BCUT2D eigenvalue weighted by atomic mass is 19.1. The summed E-state index contributed by atoms with van der Waals surface area (Å²) in [4.78, 5) is 2.12. The van der Waals surface area contributed by atoms with Gasteiger partial charge < -0.3 is 20.1 Å². The molecule has 1 rings (SSSR count). The van der Waals surface area contributed by atoms with Gasteiger partial charge in [0.1, 0.15) is 12.7 Å². The lowest BCUT2D eigenvalue weighted by Gasteiger charge is -2.19. The lowest BCUT2D eigenvalue weighted by atomic mass is 10.2. The Morgan fingerprint density at radius 2 is 2.05 bits per heavy atom. The van der Waals surface area contributed by atoms with E-state index in [4.69, 9.17) is 4.74 Å². The quantitative estimate of drug-likeness (QED) is 0.721. The summed E-state index contributed by atoms with van der Waals surface area (Å²) < 4.78 is 18.6. The van der Waals surface area contributed by atoms with E-state index in [1.54, 1.807) is 18.2 Å². The van der Waals surface area contributed by atoms with Gasteiger partial charge in [-0.1, -0.05) is 12.1 Å². The van der Waals surface area contributed by atoms with Crippen LogP contribution < -0.4 is 10.1 Å². The van der Waals surface area contributed by atoms with E-state index in [2.05, 4.69) is 17.1 Å². The molecule has 0 radical (unpaired) electrons. The Balaban J connectivity index is 2.20. The molecule has 0 bridgehead atoms. The van der Waals surface area contributed by atoms with Crippen molar-refractivity contribution < 1.29 is 14.2 Å². The average molecular weight is 284 g/mol. The van der Waals surface area contributed by atoms with Gasteiger partial charge in [-0.15, -0.1) is 0 Å². The van der Waals surface area contributed by atoms with E-state index in [1.807, 2.05) is 14.1 Å². The van der Waals surface area contributed by atoms with Gasteiger partial charge in [0.05, 0.1) is 0 Å². The summed E-state index contributed by atoms with van der Waals surface area (Å²) in [7, 11) is 4.06. The molecule has 1 aromatic carbocycles. The van der Waals surface area contributed by atoms with Crippen LogP contribution in [0.15, 0.2) is 24.3 Å². The monoisotopic (exact) mass is 284 g/mol. The number of para-hydroxylation sites is 1. The van der Waals surface area contributed by atoms with Gasteiger partial charge >= 0.3 is 0 Å². The third-order valence-corrected chi connectivity index (χ3v) is 2.98. The van der Waals surface area contributed by atoms with E-state index in [9.17, 15) is 9.50 Å². The van der Waals surface area contributed by atoms with E-state index >= 15 is 0 Å². The zero-order valence-corrected chi connectivity index (χ0v) is 12.5. The van der Waals surface area contributed by atoms with Crippen LogP contribution in [0.1, 0.15) is 13.3 Å². The molecule has 0 saturated heterocycles. The van der Waals surface area contributed by atoms with Gasteiger partial charge in [-0.05, 0) is 46.1 Å². The van der Waals surface area contributed by atoms with Crippen molar-refractivity contribution in [2.24, 2.45) is 0 Å². The molecular formula is C15H25FN2O2. The molecular weight excluding hydrogens is 259 g/mol. The minimum atomic E-state index is -0.656. The number of hydrogen-bond donors (Lipinski definition) is 2. The normalized spacial score (nSPS) is 14.3. The Kier molecular flexibility index (Phi) is 7.51. The first-order valence-corrected chi connectivity index (χ1v) is 6.92. The highest BCUT2D eigenvalue weighted by molar-refractivity contribution is 5.23. The Morgan fingerprint density at radius 3 is 2.70 bits per heavy atom. The number of aliphatic hydroxyl groups is 1. The zero-order chi connectivity index (χ0) is 15.0. The van der Waals surface area contributed by atoms with Gasteiger partial charge in [-0.25, -0.2) is 4.39 Å². The van der Waals surface area contributed by atoms with Gasteiger partial charge in [-0.3, -0.25) is 0 Å². The first kappa shape index (κ1) is 16.9. The number of halogens is 1. The van der Waals surface area contributed by atoms with Crippen LogP contribution in [0.5, 0.6) is 5.75 Å². The van der Waals surface area contributed by atoms with Gasteiger partial charge in [0.15, 0.2) is 11.6 Å². The Morgan fingerprint density at radius 1 is 1.35 bits per heavy atom. The maximum atomic E-state index is 13.3. The molecule has 0 amide bonds. The predicted octanol–water partition coefficient (Wildman–Crippen LogP) is 1.50. The number of aliphatic hydroxyl groups excluding tert-OH is 1. The smallest absolute Gasteiger partial charge is 0.165 e.